The van der Waals surface area contributed by atoms with Gasteiger partial charge in [0.15, 0.2) is 6.04 Å². The zero-order valence-corrected chi connectivity index (χ0v) is 10.1. The van der Waals surface area contributed by atoms with E-state index in [2.05, 4.69) is 10.4 Å². The quantitative estimate of drug-likeness (QED) is 0.773. The molecular weight excluding hydrogens is 226 g/mol. The molecule has 1 rings (SSSR count). The number of nitrogens with one attached hydrogen (secondary N) is 1. The van der Waals surface area contributed by atoms with Crippen LogP contribution in [0, 0.1) is 6.92 Å². The van der Waals surface area contributed by atoms with Crippen LogP contribution in [0.2, 0.25) is 0 Å². The minimum atomic E-state index is -1.16. The maximum Gasteiger partial charge on any atom is 0.331 e. The highest BCUT2D eigenvalue weighted by Gasteiger charge is 2.29. The number of ether oxygens (including phenoxy) is 1. The molecule has 0 spiro atoms. The fraction of sp³-hybridized carbons (Fsp3) is 0.500. The molecule has 94 valence electrons. The van der Waals surface area contributed by atoms with Crippen molar-refractivity contribution in [2.75, 3.05) is 7.11 Å². The number of aryl methyl sites for hydroxylation is 2. The van der Waals surface area contributed by atoms with Crippen molar-refractivity contribution in [1.82, 2.24) is 15.1 Å². The largest absolute Gasteiger partial charge is 0.481 e. The zero-order chi connectivity index (χ0) is 13.2. The molecule has 17 heavy (non-hydrogen) atoms. The molecule has 0 aliphatic carbocycles. The molecule has 0 aliphatic heterocycles. The Morgan fingerprint density at radius 2 is 2.12 bits per heavy atom. The van der Waals surface area contributed by atoms with Crippen LogP contribution in [0.15, 0.2) is 0 Å². The van der Waals surface area contributed by atoms with Gasteiger partial charge in [0.25, 0.3) is 0 Å². The molecule has 1 aromatic rings. The van der Waals surface area contributed by atoms with Crippen molar-refractivity contribution in [2.45, 2.75) is 19.9 Å². The Hall–Kier alpha value is -2.05. The predicted molar refractivity (Wildman–Crippen MR) is 58.7 cm³/mol. The number of carbonyl (C=O) groups is 2. The Morgan fingerprint density at radius 3 is 2.53 bits per heavy atom. The highest BCUT2D eigenvalue weighted by molar-refractivity contribution is 5.84. The van der Waals surface area contributed by atoms with Crippen molar-refractivity contribution in [2.24, 2.45) is 7.05 Å². The third kappa shape index (κ3) is 2.55. The van der Waals surface area contributed by atoms with Gasteiger partial charge in [0.2, 0.25) is 11.8 Å². The number of rotatable bonds is 4. The highest BCUT2D eigenvalue weighted by atomic mass is 16.5. The molecule has 0 radical (unpaired) electrons. The number of carboxylic acids is 1. The van der Waals surface area contributed by atoms with Crippen molar-refractivity contribution in [3.8, 4) is 5.88 Å². The van der Waals surface area contributed by atoms with Crippen molar-refractivity contribution in [3.05, 3.63) is 11.3 Å². The fourth-order valence-electron chi connectivity index (χ4n) is 1.69. The minimum absolute atomic E-state index is 0.323. The van der Waals surface area contributed by atoms with Gasteiger partial charge in [-0.25, -0.2) is 9.48 Å². The number of amides is 1. The number of carbonyl (C=O) groups excluding carboxylic acids is 1. The zero-order valence-electron chi connectivity index (χ0n) is 10.1. The molecule has 0 aromatic carbocycles. The van der Waals surface area contributed by atoms with Gasteiger partial charge in [0, 0.05) is 14.0 Å². The van der Waals surface area contributed by atoms with Gasteiger partial charge in [-0.05, 0) is 6.92 Å². The van der Waals surface area contributed by atoms with Crippen LogP contribution in [0.1, 0.15) is 24.2 Å². The molecule has 1 amide bonds. The van der Waals surface area contributed by atoms with Gasteiger partial charge in [-0.2, -0.15) is 5.10 Å². The van der Waals surface area contributed by atoms with E-state index in [9.17, 15) is 9.59 Å². The third-order valence-corrected chi connectivity index (χ3v) is 2.29. The minimum Gasteiger partial charge on any atom is -0.481 e. The molecule has 7 heteroatoms. The van der Waals surface area contributed by atoms with Crippen LogP contribution >= 0.6 is 0 Å². The van der Waals surface area contributed by atoms with Gasteiger partial charge in [0.1, 0.15) is 0 Å². The molecule has 1 unspecified atom stereocenters. The van der Waals surface area contributed by atoms with E-state index >= 15 is 0 Å². The summed E-state index contributed by atoms with van der Waals surface area (Å²) in [5.74, 6) is -1.26. The topological polar surface area (TPSA) is 93.4 Å². The lowest BCUT2D eigenvalue weighted by atomic mass is 10.1. The monoisotopic (exact) mass is 241 g/mol. The first-order valence-electron chi connectivity index (χ1n) is 4.95. The van der Waals surface area contributed by atoms with E-state index < -0.39 is 17.9 Å². The maximum atomic E-state index is 11.2. The molecule has 0 saturated carbocycles. The molecule has 2 N–H and O–H groups in total. The Bertz CT molecular complexity index is 453. The summed E-state index contributed by atoms with van der Waals surface area (Å²) >= 11 is 0. The van der Waals surface area contributed by atoms with Crippen molar-refractivity contribution < 1.29 is 19.4 Å². The normalized spacial score (nSPS) is 12.0. The summed E-state index contributed by atoms with van der Waals surface area (Å²) in [6, 6.07) is -1.16. The highest BCUT2D eigenvalue weighted by Crippen LogP contribution is 2.28. The second-order valence-electron chi connectivity index (χ2n) is 3.60. The number of hydrogen-bond acceptors (Lipinski definition) is 4. The van der Waals surface area contributed by atoms with Crippen molar-refractivity contribution in [3.63, 3.8) is 0 Å². The third-order valence-electron chi connectivity index (χ3n) is 2.29. The van der Waals surface area contributed by atoms with Crippen LogP contribution in [0.3, 0.4) is 0 Å². The predicted octanol–water partition coefficient (Wildman–Crippen LogP) is -0.00108. The summed E-state index contributed by atoms with van der Waals surface area (Å²) in [6.45, 7) is 2.92. The Balaban J connectivity index is 3.26. The molecule has 0 saturated heterocycles. The number of hydrogen-bond donors (Lipinski definition) is 2. The number of aliphatic carboxylic acids is 1. The Kier molecular flexibility index (Phi) is 3.72. The summed E-state index contributed by atoms with van der Waals surface area (Å²) in [5, 5.41) is 15.5. The van der Waals surface area contributed by atoms with Gasteiger partial charge in [-0.3, -0.25) is 4.79 Å². The summed E-state index contributed by atoms with van der Waals surface area (Å²) in [7, 11) is 3.06. The molecule has 1 heterocycles. The lowest BCUT2D eigenvalue weighted by molar-refractivity contribution is -0.141. The maximum absolute atomic E-state index is 11.2. The van der Waals surface area contributed by atoms with E-state index in [1.807, 2.05) is 0 Å². The summed E-state index contributed by atoms with van der Waals surface area (Å²) in [5.41, 5.74) is 0.864. The standard InChI is InChI=1S/C10H15N3O4/c1-5-7(9(17-4)13(3)12-5)8(10(15)16)11-6(2)14/h8H,1-4H3,(H,11,14)(H,15,16). The van der Waals surface area contributed by atoms with E-state index in [4.69, 9.17) is 9.84 Å². The smallest absolute Gasteiger partial charge is 0.331 e. The summed E-state index contributed by atoms with van der Waals surface area (Å²) in [6.07, 6.45) is 0. The van der Waals surface area contributed by atoms with E-state index in [1.165, 1.54) is 18.7 Å². The molecule has 0 aliphatic rings. The van der Waals surface area contributed by atoms with E-state index in [0.717, 1.165) is 0 Å². The molecule has 7 nitrogen and oxygen atoms in total. The number of nitrogens with zero attached hydrogens (tertiary/aromatic N) is 2. The first-order chi connectivity index (χ1) is 7.88. The van der Waals surface area contributed by atoms with E-state index in [0.29, 0.717) is 17.1 Å². The van der Waals surface area contributed by atoms with Crippen LogP contribution < -0.4 is 10.1 Å². The molecule has 1 atom stereocenters. The van der Waals surface area contributed by atoms with Crippen LogP contribution in [-0.4, -0.2) is 33.9 Å². The first-order valence-corrected chi connectivity index (χ1v) is 4.95. The van der Waals surface area contributed by atoms with Gasteiger partial charge in [-0.15, -0.1) is 0 Å². The lowest BCUT2D eigenvalue weighted by Gasteiger charge is -2.14. The van der Waals surface area contributed by atoms with Crippen molar-refractivity contribution in [1.29, 1.82) is 0 Å². The van der Waals surface area contributed by atoms with E-state index in [-0.39, 0.29) is 0 Å². The molecular formula is C10H15N3O4. The van der Waals surface area contributed by atoms with Gasteiger partial charge in [-0.1, -0.05) is 0 Å². The number of carboxylic acid groups (broad SMARTS) is 1. The summed E-state index contributed by atoms with van der Waals surface area (Å²) < 4.78 is 6.53. The fourth-order valence-corrected chi connectivity index (χ4v) is 1.69. The second kappa shape index (κ2) is 4.86. The van der Waals surface area contributed by atoms with Crippen LogP contribution in [-0.2, 0) is 16.6 Å². The van der Waals surface area contributed by atoms with Crippen LogP contribution in [0.4, 0.5) is 0 Å². The SMILES string of the molecule is COc1c(C(NC(C)=O)C(=O)O)c(C)nn1C. The lowest BCUT2D eigenvalue weighted by Crippen LogP contribution is -2.32. The average molecular weight is 241 g/mol. The number of methoxy groups -OCH3 is 1. The second-order valence-corrected chi connectivity index (χ2v) is 3.60. The number of aromatic nitrogens is 2. The average Bonchev–Trinajstić information content (AvgIpc) is 2.48. The van der Waals surface area contributed by atoms with Crippen LogP contribution in [0.25, 0.3) is 0 Å². The first kappa shape index (κ1) is 13.0. The Labute approximate surface area is 98.4 Å². The van der Waals surface area contributed by atoms with Gasteiger partial charge in [0.05, 0.1) is 18.4 Å². The molecule has 1 aromatic heterocycles. The van der Waals surface area contributed by atoms with Gasteiger partial charge >= 0.3 is 5.97 Å². The Morgan fingerprint density at radius 1 is 1.53 bits per heavy atom. The van der Waals surface area contributed by atoms with Gasteiger partial charge < -0.3 is 15.2 Å². The van der Waals surface area contributed by atoms with Crippen molar-refractivity contribution >= 4 is 11.9 Å². The summed E-state index contributed by atoms with van der Waals surface area (Å²) in [4.78, 5) is 22.2. The van der Waals surface area contributed by atoms with Crippen LogP contribution in [0.5, 0.6) is 5.88 Å². The molecule has 0 bridgehead atoms. The molecule has 0 fully saturated rings. The van der Waals surface area contributed by atoms with E-state index in [1.54, 1.807) is 14.0 Å².